The number of para-hydroxylation sites is 1. The van der Waals surface area contributed by atoms with Gasteiger partial charge in [-0.2, -0.15) is 0 Å². The van der Waals surface area contributed by atoms with E-state index in [0.29, 0.717) is 35.5 Å². The highest BCUT2D eigenvalue weighted by molar-refractivity contribution is 5.94. The van der Waals surface area contributed by atoms with Crippen LogP contribution in [0.25, 0.3) is 10.9 Å². The van der Waals surface area contributed by atoms with Gasteiger partial charge in [0, 0.05) is 18.7 Å². The molecule has 3 N–H and O–H groups in total. The highest BCUT2D eigenvalue weighted by atomic mass is 16.1. The van der Waals surface area contributed by atoms with Crippen molar-refractivity contribution < 1.29 is 4.79 Å². The topological polar surface area (TPSA) is 86.9 Å². The summed E-state index contributed by atoms with van der Waals surface area (Å²) in [7, 11) is 0. The number of rotatable bonds is 5. The third-order valence-corrected chi connectivity index (χ3v) is 3.63. The van der Waals surface area contributed by atoms with E-state index >= 15 is 0 Å². The van der Waals surface area contributed by atoms with Gasteiger partial charge in [-0.15, -0.1) is 0 Å². The third kappa shape index (κ3) is 3.43. The molecule has 0 saturated heterocycles. The quantitative estimate of drug-likeness (QED) is 0.672. The molecule has 1 heterocycles. The predicted molar refractivity (Wildman–Crippen MR) is 94.1 cm³/mol. The maximum absolute atomic E-state index is 12.0. The first-order chi connectivity index (χ1) is 11.7. The van der Waals surface area contributed by atoms with Crippen LogP contribution in [-0.2, 0) is 6.54 Å². The summed E-state index contributed by atoms with van der Waals surface area (Å²) in [4.78, 5) is 30.8. The van der Waals surface area contributed by atoms with Crippen LogP contribution in [-0.4, -0.2) is 22.4 Å². The highest BCUT2D eigenvalue weighted by Crippen LogP contribution is 2.10. The van der Waals surface area contributed by atoms with Crippen LogP contribution in [0.15, 0.2) is 53.3 Å². The Balaban J connectivity index is 1.72. The van der Waals surface area contributed by atoms with E-state index in [1.165, 1.54) is 0 Å². The minimum Gasteiger partial charge on any atom is -0.352 e. The lowest BCUT2D eigenvalue weighted by Gasteiger charge is -2.07. The number of hydrogen-bond donors (Lipinski definition) is 3. The molecular formula is C18H18N4O2. The highest BCUT2D eigenvalue weighted by Gasteiger charge is 2.05. The Morgan fingerprint density at radius 2 is 1.88 bits per heavy atom. The number of nitrogens with zero attached hydrogens (tertiary/aromatic N) is 1. The number of anilines is 1. The molecule has 3 rings (SSSR count). The maximum atomic E-state index is 12.0. The van der Waals surface area contributed by atoms with Gasteiger partial charge in [0.15, 0.2) is 0 Å². The summed E-state index contributed by atoms with van der Waals surface area (Å²) in [5, 5.41) is 6.42. The van der Waals surface area contributed by atoms with Gasteiger partial charge >= 0.3 is 0 Å². The van der Waals surface area contributed by atoms with Crippen molar-refractivity contribution in [1.29, 1.82) is 0 Å². The molecule has 6 nitrogen and oxygen atoms in total. The fraction of sp³-hybridized carbons (Fsp3) is 0.167. The molecule has 0 radical (unpaired) electrons. The Hall–Kier alpha value is -3.15. The van der Waals surface area contributed by atoms with E-state index in [9.17, 15) is 9.59 Å². The van der Waals surface area contributed by atoms with Gasteiger partial charge in [-0.3, -0.25) is 14.6 Å². The number of amides is 1. The van der Waals surface area contributed by atoms with Crippen molar-refractivity contribution in [1.82, 2.24) is 15.3 Å². The molecular weight excluding hydrogens is 304 g/mol. The first kappa shape index (κ1) is 15.7. The predicted octanol–water partition coefficient (Wildman–Crippen LogP) is 2.28. The fourth-order valence-electron chi connectivity index (χ4n) is 2.39. The SMILES string of the molecule is CCNC(=O)c1ccc(CNc2nc3ccccc3c(=O)[nH]2)cc1. The Morgan fingerprint density at radius 1 is 1.12 bits per heavy atom. The minimum absolute atomic E-state index is 0.0856. The summed E-state index contributed by atoms with van der Waals surface area (Å²) in [5.41, 5.74) is 2.08. The van der Waals surface area contributed by atoms with Gasteiger partial charge < -0.3 is 10.6 Å². The molecule has 0 atom stereocenters. The van der Waals surface area contributed by atoms with Gasteiger partial charge in [0.25, 0.3) is 11.5 Å². The Bertz CT molecular complexity index is 916. The van der Waals surface area contributed by atoms with Gasteiger partial charge in [-0.05, 0) is 36.8 Å². The van der Waals surface area contributed by atoms with E-state index in [0.717, 1.165) is 5.56 Å². The molecule has 6 heteroatoms. The smallest absolute Gasteiger partial charge is 0.260 e. The molecule has 2 aromatic carbocycles. The van der Waals surface area contributed by atoms with Gasteiger partial charge in [0.05, 0.1) is 10.9 Å². The monoisotopic (exact) mass is 322 g/mol. The average molecular weight is 322 g/mol. The second-order valence-electron chi connectivity index (χ2n) is 5.34. The lowest BCUT2D eigenvalue weighted by Crippen LogP contribution is -2.22. The van der Waals surface area contributed by atoms with E-state index in [-0.39, 0.29) is 11.5 Å². The molecule has 0 fully saturated rings. The van der Waals surface area contributed by atoms with Crippen molar-refractivity contribution in [3.05, 3.63) is 70.0 Å². The number of H-pyrrole nitrogens is 1. The second-order valence-corrected chi connectivity index (χ2v) is 5.34. The second kappa shape index (κ2) is 6.95. The van der Waals surface area contributed by atoms with Crippen LogP contribution in [0.1, 0.15) is 22.8 Å². The third-order valence-electron chi connectivity index (χ3n) is 3.63. The zero-order valence-electron chi connectivity index (χ0n) is 13.3. The first-order valence-electron chi connectivity index (χ1n) is 7.77. The van der Waals surface area contributed by atoms with E-state index in [1.807, 2.05) is 31.2 Å². The summed E-state index contributed by atoms with van der Waals surface area (Å²) in [6.45, 7) is 2.98. The number of benzene rings is 2. The number of carbonyl (C=O) groups is 1. The lowest BCUT2D eigenvalue weighted by molar-refractivity contribution is 0.0956. The zero-order valence-corrected chi connectivity index (χ0v) is 13.3. The summed E-state index contributed by atoms with van der Waals surface area (Å²) < 4.78 is 0. The molecule has 0 bridgehead atoms. The molecule has 3 aromatic rings. The number of fused-ring (bicyclic) bond motifs is 1. The van der Waals surface area contributed by atoms with Crippen LogP contribution in [0, 0.1) is 0 Å². The number of carbonyl (C=O) groups excluding carboxylic acids is 1. The van der Waals surface area contributed by atoms with E-state index < -0.39 is 0 Å². The first-order valence-corrected chi connectivity index (χ1v) is 7.77. The molecule has 0 spiro atoms. The fourth-order valence-corrected chi connectivity index (χ4v) is 2.39. The molecule has 0 saturated carbocycles. The molecule has 122 valence electrons. The van der Waals surface area contributed by atoms with Crippen molar-refractivity contribution in [2.75, 3.05) is 11.9 Å². The van der Waals surface area contributed by atoms with Crippen molar-refractivity contribution in [2.45, 2.75) is 13.5 Å². The normalized spacial score (nSPS) is 10.5. The Kier molecular flexibility index (Phi) is 4.56. The van der Waals surface area contributed by atoms with Crippen LogP contribution < -0.4 is 16.2 Å². The molecule has 1 aromatic heterocycles. The standard InChI is InChI=1S/C18H18N4O2/c1-2-19-16(23)13-9-7-12(8-10-13)11-20-18-21-15-6-4-3-5-14(15)17(24)22-18/h3-10H,2,11H2,1H3,(H,19,23)(H2,20,21,22,24). The maximum Gasteiger partial charge on any atom is 0.260 e. The van der Waals surface area contributed by atoms with Gasteiger partial charge in [0.2, 0.25) is 5.95 Å². The number of aromatic nitrogens is 2. The summed E-state index contributed by atoms with van der Waals surface area (Å²) >= 11 is 0. The minimum atomic E-state index is -0.172. The van der Waals surface area contributed by atoms with Gasteiger partial charge in [0.1, 0.15) is 0 Å². The summed E-state index contributed by atoms with van der Waals surface area (Å²) in [5.74, 6) is 0.337. The Morgan fingerprint density at radius 3 is 2.62 bits per heavy atom. The number of nitrogens with one attached hydrogen (secondary N) is 3. The van der Waals surface area contributed by atoms with Gasteiger partial charge in [-0.25, -0.2) is 4.98 Å². The molecule has 0 unspecified atom stereocenters. The largest absolute Gasteiger partial charge is 0.352 e. The molecule has 24 heavy (non-hydrogen) atoms. The van der Waals surface area contributed by atoms with Crippen LogP contribution in [0.2, 0.25) is 0 Å². The van der Waals surface area contributed by atoms with Crippen molar-refractivity contribution in [2.24, 2.45) is 0 Å². The summed E-state index contributed by atoms with van der Waals surface area (Å²) in [6.07, 6.45) is 0. The number of hydrogen-bond acceptors (Lipinski definition) is 4. The lowest BCUT2D eigenvalue weighted by atomic mass is 10.1. The molecule has 0 aliphatic carbocycles. The van der Waals surface area contributed by atoms with E-state index in [2.05, 4.69) is 20.6 Å². The average Bonchev–Trinajstić information content (AvgIpc) is 2.61. The molecule has 1 amide bonds. The van der Waals surface area contributed by atoms with Crippen molar-refractivity contribution >= 4 is 22.8 Å². The zero-order chi connectivity index (χ0) is 16.9. The van der Waals surface area contributed by atoms with Crippen LogP contribution in [0.5, 0.6) is 0 Å². The van der Waals surface area contributed by atoms with Crippen LogP contribution in [0.3, 0.4) is 0 Å². The molecule has 0 aliphatic heterocycles. The van der Waals surface area contributed by atoms with E-state index in [4.69, 9.17) is 0 Å². The summed E-state index contributed by atoms with van der Waals surface area (Å²) in [6, 6.07) is 14.5. The van der Waals surface area contributed by atoms with E-state index in [1.54, 1.807) is 24.3 Å². The van der Waals surface area contributed by atoms with Gasteiger partial charge in [-0.1, -0.05) is 24.3 Å². The number of aromatic amines is 1. The Labute approximate surface area is 138 Å². The van der Waals surface area contributed by atoms with Crippen molar-refractivity contribution in [3.8, 4) is 0 Å². The van der Waals surface area contributed by atoms with Crippen molar-refractivity contribution in [3.63, 3.8) is 0 Å². The van der Waals surface area contributed by atoms with Crippen LogP contribution >= 0.6 is 0 Å². The van der Waals surface area contributed by atoms with Crippen LogP contribution in [0.4, 0.5) is 5.95 Å². The molecule has 0 aliphatic rings.